The number of hydrogen-bond acceptors (Lipinski definition) is 9. The van der Waals surface area contributed by atoms with Crippen LogP contribution in [0.25, 0.3) is 0 Å². The molecule has 3 rings (SSSR count). The van der Waals surface area contributed by atoms with Crippen LogP contribution in [0.2, 0.25) is 0 Å². The summed E-state index contributed by atoms with van der Waals surface area (Å²) in [5, 5.41) is 11.2. The topological polar surface area (TPSA) is 91.8 Å². The molecular weight excluding hydrogens is 787 g/mol. The standard InChI is InChI=1S/C54H103N3O6/c1-55-42-44-57(45-43-55)49-51(58)48-56(40-32-24-26-34-46-61-53(59)50-36-28-20-16-12-8-4-2-5-9-13-17-21-29-37-50)41-33-25-27-35-47-62-54(60)63-52-38-30-22-18-14-10-6-3-7-11-15-19-23-31-39-52/h50-52,58H,2-49H2,1H3. The summed E-state index contributed by atoms with van der Waals surface area (Å²) in [5.74, 6) is 0.141. The van der Waals surface area contributed by atoms with E-state index in [4.69, 9.17) is 14.2 Å². The minimum atomic E-state index is -0.476. The van der Waals surface area contributed by atoms with Crippen molar-refractivity contribution in [3.63, 3.8) is 0 Å². The molecule has 1 saturated heterocycles. The lowest BCUT2D eigenvalue weighted by atomic mass is 9.93. The SMILES string of the molecule is CN1CCN(CC(O)CN(CCCCCCOC(=O)OC2CCCCCCCCCCCCCCC2)CCCCCCOC(=O)C2CCCCCCCCCCCCCCC2)CC1. The molecule has 9 heteroatoms. The zero-order valence-electron chi connectivity index (χ0n) is 41.5. The number of piperazine rings is 1. The Bertz CT molecular complexity index is 1020. The Labute approximate surface area is 389 Å². The molecule has 2 saturated carbocycles. The van der Waals surface area contributed by atoms with Crippen molar-refractivity contribution in [3.8, 4) is 0 Å². The number of likely N-dealkylation sites (N-methyl/N-ethyl adjacent to an activating group) is 1. The molecule has 0 radical (unpaired) electrons. The number of β-amino-alcohol motifs (C(OH)–C–C–N with tert-alkyl or cyclic N) is 1. The number of nitrogens with zero attached hydrogens (tertiary/aromatic N) is 3. The van der Waals surface area contributed by atoms with Gasteiger partial charge in [-0.3, -0.25) is 9.69 Å². The van der Waals surface area contributed by atoms with Crippen LogP contribution in [0.3, 0.4) is 0 Å². The van der Waals surface area contributed by atoms with Crippen molar-refractivity contribution < 1.29 is 28.9 Å². The zero-order valence-corrected chi connectivity index (χ0v) is 41.5. The highest BCUT2D eigenvalue weighted by atomic mass is 16.7. The van der Waals surface area contributed by atoms with Crippen molar-refractivity contribution in [2.24, 2.45) is 5.92 Å². The van der Waals surface area contributed by atoms with Gasteiger partial charge in [-0.1, -0.05) is 180 Å². The van der Waals surface area contributed by atoms with Crippen LogP contribution in [-0.2, 0) is 19.0 Å². The first-order valence-corrected chi connectivity index (χ1v) is 27.8. The third-order valence-corrected chi connectivity index (χ3v) is 14.5. The molecule has 1 N–H and O–H groups in total. The minimum Gasteiger partial charge on any atom is -0.465 e. The van der Waals surface area contributed by atoms with Crippen molar-refractivity contribution in [3.05, 3.63) is 0 Å². The number of aliphatic hydroxyl groups excluding tert-OH is 1. The van der Waals surface area contributed by atoms with E-state index < -0.39 is 6.16 Å². The van der Waals surface area contributed by atoms with Gasteiger partial charge in [0.25, 0.3) is 0 Å². The molecule has 2 aliphatic carbocycles. The number of aliphatic hydroxyl groups is 1. The molecule has 1 heterocycles. The molecule has 1 atom stereocenters. The van der Waals surface area contributed by atoms with Crippen LogP contribution in [0.15, 0.2) is 0 Å². The molecular formula is C54H103N3O6. The maximum Gasteiger partial charge on any atom is 0.508 e. The Morgan fingerprint density at radius 2 is 0.889 bits per heavy atom. The number of esters is 1. The highest BCUT2D eigenvalue weighted by Gasteiger charge is 2.21. The predicted octanol–water partition coefficient (Wildman–Crippen LogP) is 13.4. The van der Waals surface area contributed by atoms with Crippen LogP contribution in [0.1, 0.15) is 244 Å². The summed E-state index contributed by atoms with van der Waals surface area (Å²) in [6.07, 6.45) is 45.4. The van der Waals surface area contributed by atoms with Gasteiger partial charge in [-0.2, -0.15) is 0 Å². The fourth-order valence-electron chi connectivity index (χ4n) is 10.2. The first kappa shape index (κ1) is 55.9. The van der Waals surface area contributed by atoms with Gasteiger partial charge in [-0.05, 0) is 84.3 Å². The van der Waals surface area contributed by atoms with Crippen LogP contribution in [-0.4, -0.2) is 117 Å². The molecule has 0 aromatic heterocycles. The van der Waals surface area contributed by atoms with Crippen LogP contribution < -0.4 is 0 Å². The molecule has 0 amide bonds. The van der Waals surface area contributed by atoms with Gasteiger partial charge in [0.2, 0.25) is 0 Å². The average Bonchev–Trinajstić information content (AvgIpc) is 3.27. The van der Waals surface area contributed by atoms with Gasteiger partial charge in [-0.25, -0.2) is 4.79 Å². The Kier molecular flexibility index (Phi) is 35.2. The minimum absolute atomic E-state index is 0.00558. The smallest absolute Gasteiger partial charge is 0.465 e. The number of carbonyl (C=O) groups is 2. The van der Waals surface area contributed by atoms with Gasteiger partial charge in [-0.15, -0.1) is 0 Å². The lowest BCUT2D eigenvalue weighted by Gasteiger charge is -2.34. The van der Waals surface area contributed by atoms with Gasteiger partial charge in [0, 0.05) is 39.3 Å². The Morgan fingerprint density at radius 3 is 1.33 bits per heavy atom. The second kappa shape index (κ2) is 39.7. The highest BCUT2D eigenvalue weighted by Crippen LogP contribution is 2.23. The molecule has 3 aliphatic rings. The average molecular weight is 890 g/mol. The lowest BCUT2D eigenvalue weighted by molar-refractivity contribution is -0.149. The van der Waals surface area contributed by atoms with Gasteiger partial charge in [0.15, 0.2) is 0 Å². The zero-order chi connectivity index (χ0) is 44.7. The van der Waals surface area contributed by atoms with Crippen molar-refractivity contribution in [2.75, 3.05) is 72.6 Å². The molecule has 1 unspecified atom stereocenters. The summed E-state index contributed by atoms with van der Waals surface area (Å²) in [6.45, 7) is 8.56. The number of unbranched alkanes of at least 4 members (excludes halogenated alkanes) is 6. The van der Waals surface area contributed by atoms with Gasteiger partial charge in [0.1, 0.15) is 6.10 Å². The second-order valence-electron chi connectivity index (χ2n) is 20.4. The van der Waals surface area contributed by atoms with E-state index in [-0.39, 0.29) is 24.1 Å². The number of carbonyl (C=O) groups excluding carboxylic acids is 2. The van der Waals surface area contributed by atoms with Crippen molar-refractivity contribution in [1.29, 1.82) is 0 Å². The third-order valence-electron chi connectivity index (χ3n) is 14.5. The molecule has 0 bridgehead atoms. The molecule has 3 fully saturated rings. The maximum atomic E-state index is 13.2. The molecule has 0 aromatic carbocycles. The van der Waals surface area contributed by atoms with Gasteiger partial charge >= 0.3 is 12.1 Å². The quantitative estimate of drug-likeness (QED) is 0.0947. The summed E-state index contributed by atoms with van der Waals surface area (Å²) in [6, 6.07) is 0. The van der Waals surface area contributed by atoms with E-state index in [1.807, 2.05) is 0 Å². The number of rotatable bonds is 20. The summed E-state index contributed by atoms with van der Waals surface area (Å²) >= 11 is 0. The first-order valence-electron chi connectivity index (χ1n) is 27.8. The van der Waals surface area contributed by atoms with Crippen molar-refractivity contribution in [2.45, 2.75) is 256 Å². The second-order valence-corrected chi connectivity index (χ2v) is 20.4. The fourth-order valence-corrected chi connectivity index (χ4v) is 10.2. The molecule has 370 valence electrons. The number of hydrogen-bond donors (Lipinski definition) is 1. The fraction of sp³-hybridized carbons (Fsp3) is 0.963. The van der Waals surface area contributed by atoms with E-state index in [9.17, 15) is 14.7 Å². The first-order chi connectivity index (χ1) is 31.0. The van der Waals surface area contributed by atoms with Gasteiger partial charge in [0.05, 0.1) is 25.2 Å². The summed E-state index contributed by atoms with van der Waals surface area (Å²) in [4.78, 5) is 33.1. The Hall–Kier alpha value is -1.42. The van der Waals surface area contributed by atoms with E-state index in [1.54, 1.807) is 0 Å². The van der Waals surface area contributed by atoms with E-state index in [0.29, 0.717) is 19.8 Å². The van der Waals surface area contributed by atoms with Crippen LogP contribution in [0, 0.1) is 5.92 Å². The monoisotopic (exact) mass is 890 g/mol. The molecule has 63 heavy (non-hydrogen) atoms. The van der Waals surface area contributed by atoms with E-state index >= 15 is 0 Å². The van der Waals surface area contributed by atoms with E-state index in [2.05, 4.69) is 21.7 Å². The maximum absolute atomic E-state index is 13.2. The normalized spacial score (nSPS) is 21.4. The number of ether oxygens (including phenoxy) is 3. The molecule has 0 spiro atoms. The molecule has 1 aliphatic heterocycles. The van der Waals surface area contributed by atoms with Crippen molar-refractivity contribution >= 4 is 12.1 Å². The largest absolute Gasteiger partial charge is 0.508 e. The summed E-state index contributed by atoms with van der Waals surface area (Å²) in [7, 11) is 2.18. The van der Waals surface area contributed by atoms with Crippen molar-refractivity contribution in [1.82, 2.24) is 14.7 Å². The molecule has 0 aromatic rings. The third kappa shape index (κ3) is 32.0. The van der Waals surface area contributed by atoms with Crippen LogP contribution in [0.4, 0.5) is 4.79 Å². The summed E-state index contributed by atoms with van der Waals surface area (Å²) < 4.78 is 17.3. The Morgan fingerprint density at radius 1 is 0.508 bits per heavy atom. The highest BCUT2D eigenvalue weighted by molar-refractivity contribution is 5.72. The summed E-state index contributed by atoms with van der Waals surface area (Å²) in [5.41, 5.74) is 0. The lowest BCUT2D eigenvalue weighted by Crippen LogP contribution is -2.49. The van der Waals surface area contributed by atoms with E-state index in [0.717, 1.165) is 149 Å². The van der Waals surface area contributed by atoms with Crippen LogP contribution >= 0.6 is 0 Å². The van der Waals surface area contributed by atoms with E-state index in [1.165, 1.54) is 141 Å². The predicted molar refractivity (Wildman–Crippen MR) is 262 cm³/mol. The Balaban J connectivity index is 1.31. The van der Waals surface area contributed by atoms with Crippen LogP contribution in [0.5, 0.6) is 0 Å². The van der Waals surface area contributed by atoms with Gasteiger partial charge < -0.3 is 29.1 Å². The molecule has 9 nitrogen and oxygen atoms in total.